The maximum absolute atomic E-state index is 9.19. The van der Waals surface area contributed by atoms with Gasteiger partial charge >= 0.3 is 0 Å². The lowest BCUT2D eigenvalue weighted by molar-refractivity contribution is 0.277. The lowest BCUT2D eigenvalue weighted by Gasteiger charge is -2.24. The molecular weight excluding hydrogens is 484 g/mol. The number of hydrogen-bond donors (Lipinski definition) is 1. The summed E-state index contributed by atoms with van der Waals surface area (Å²) in [4.78, 5) is 4.95. The highest BCUT2D eigenvalue weighted by Crippen LogP contribution is 2.32. The Morgan fingerprint density at radius 1 is 0.718 bits per heavy atom. The molecule has 2 aliphatic rings. The van der Waals surface area contributed by atoms with Crippen molar-refractivity contribution in [2.75, 3.05) is 38.8 Å². The molecule has 5 nitrogen and oxygen atoms in total. The van der Waals surface area contributed by atoms with Crippen molar-refractivity contribution in [2.45, 2.75) is 71.4 Å². The Bertz CT molecular complexity index is 1150. The molecule has 0 aromatic heterocycles. The highest BCUT2D eigenvalue weighted by atomic mass is 16.5. The SMILES string of the molecule is CCN(Cc1ccc(CN2CCCCCC2)cc1)c1ccc(OC)c(OC)c1.Oc1ccc2c(c1)CCCC2. The van der Waals surface area contributed by atoms with Gasteiger partial charge in [-0.25, -0.2) is 0 Å². The molecule has 0 bridgehead atoms. The minimum Gasteiger partial charge on any atom is -0.508 e. The summed E-state index contributed by atoms with van der Waals surface area (Å²) < 4.78 is 10.8. The van der Waals surface area contributed by atoms with Crippen LogP contribution in [0.25, 0.3) is 0 Å². The van der Waals surface area contributed by atoms with Crippen molar-refractivity contribution in [1.29, 1.82) is 0 Å². The van der Waals surface area contributed by atoms with Gasteiger partial charge in [-0.15, -0.1) is 0 Å². The number of benzene rings is 3. The van der Waals surface area contributed by atoms with Gasteiger partial charge in [0.15, 0.2) is 11.5 Å². The van der Waals surface area contributed by atoms with Gasteiger partial charge in [-0.3, -0.25) is 4.90 Å². The molecule has 3 aromatic carbocycles. The molecule has 5 rings (SSSR count). The van der Waals surface area contributed by atoms with Crippen molar-refractivity contribution < 1.29 is 14.6 Å². The number of anilines is 1. The summed E-state index contributed by atoms with van der Waals surface area (Å²) in [6.45, 7) is 7.56. The largest absolute Gasteiger partial charge is 0.508 e. The van der Waals surface area contributed by atoms with Crippen LogP contribution in [0.15, 0.2) is 60.7 Å². The Balaban J connectivity index is 0.000000265. The summed E-state index contributed by atoms with van der Waals surface area (Å²) in [7, 11) is 3.35. The number of nitrogens with zero attached hydrogens (tertiary/aromatic N) is 2. The van der Waals surface area contributed by atoms with E-state index in [4.69, 9.17) is 9.47 Å². The minimum absolute atomic E-state index is 0.408. The monoisotopic (exact) mass is 530 g/mol. The van der Waals surface area contributed by atoms with Crippen LogP contribution >= 0.6 is 0 Å². The highest BCUT2D eigenvalue weighted by Gasteiger charge is 2.12. The first-order chi connectivity index (χ1) is 19.1. The number of aryl methyl sites for hydroxylation is 2. The molecule has 1 fully saturated rings. The van der Waals surface area contributed by atoms with Gasteiger partial charge in [0.25, 0.3) is 0 Å². The molecule has 3 aromatic rings. The molecule has 1 N–H and O–H groups in total. The number of ether oxygens (including phenoxy) is 2. The zero-order valence-corrected chi connectivity index (χ0v) is 24.1. The van der Waals surface area contributed by atoms with E-state index in [-0.39, 0.29) is 0 Å². The molecule has 1 heterocycles. The molecule has 0 amide bonds. The van der Waals surface area contributed by atoms with Crippen LogP contribution < -0.4 is 14.4 Å². The summed E-state index contributed by atoms with van der Waals surface area (Å²) in [5.74, 6) is 1.94. The van der Waals surface area contributed by atoms with E-state index in [0.29, 0.717) is 5.75 Å². The van der Waals surface area contributed by atoms with E-state index in [2.05, 4.69) is 53.1 Å². The molecule has 210 valence electrons. The number of fused-ring (bicyclic) bond motifs is 1. The normalized spacial score (nSPS) is 15.4. The van der Waals surface area contributed by atoms with Crippen molar-refractivity contribution in [3.63, 3.8) is 0 Å². The molecule has 5 heteroatoms. The number of hydrogen-bond acceptors (Lipinski definition) is 5. The topological polar surface area (TPSA) is 45.2 Å². The smallest absolute Gasteiger partial charge is 0.162 e. The second kappa shape index (κ2) is 14.8. The van der Waals surface area contributed by atoms with Crippen LogP contribution in [0.1, 0.15) is 67.7 Å². The van der Waals surface area contributed by atoms with Crippen LogP contribution in [0.3, 0.4) is 0 Å². The number of phenols is 1. The number of phenolic OH excluding ortho intramolecular Hbond substituents is 1. The molecule has 1 aliphatic carbocycles. The Kier molecular flexibility index (Phi) is 11.0. The zero-order valence-electron chi connectivity index (χ0n) is 24.1. The van der Waals surface area contributed by atoms with Crippen molar-refractivity contribution >= 4 is 5.69 Å². The highest BCUT2D eigenvalue weighted by molar-refractivity contribution is 5.56. The maximum Gasteiger partial charge on any atom is 0.162 e. The van der Waals surface area contributed by atoms with Gasteiger partial charge < -0.3 is 19.5 Å². The predicted octanol–water partition coefficient (Wildman–Crippen LogP) is 7.38. The Morgan fingerprint density at radius 3 is 2.05 bits per heavy atom. The molecule has 0 saturated carbocycles. The first kappa shape index (κ1) is 28.8. The lowest BCUT2D eigenvalue weighted by atomic mass is 9.92. The van der Waals surface area contributed by atoms with Gasteiger partial charge in [-0.1, -0.05) is 43.2 Å². The fraction of sp³-hybridized carbons (Fsp3) is 0.471. The first-order valence-electron chi connectivity index (χ1n) is 14.7. The molecule has 1 saturated heterocycles. The zero-order chi connectivity index (χ0) is 27.5. The maximum atomic E-state index is 9.19. The second-order valence-corrected chi connectivity index (χ2v) is 10.7. The quantitative estimate of drug-likeness (QED) is 0.329. The third-order valence-corrected chi connectivity index (χ3v) is 7.95. The van der Waals surface area contributed by atoms with Crippen molar-refractivity contribution in [2.24, 2.45) is 0 Å². The van der Waals surface area contributed by atoms with Crippen LogP contribution in [0.4, 0.5) is 5.69 Å². The van der Waals surface area contributed by atoms with Crippen molar-refractivity contribution in [3.05, 3.63) is 82.9 Å². The van der Waals surface area contributed by atoms with Gasteiger partial charge in [0.1, 0.15) is 5.75 Å². The number of rotatable bonds is 8. The van der Waals surface area contributed by atoms with E-state index < -0.39 is 0 Å². The molecule has 1 aliphatic heterocycles. The van der Waals surface area contributed by atoms with E-state index in [1.54, 1.807) is 20.3 Å². The molecule has 39 heavy (non-hydrogen) atoms. The number of methoxy groups -OCH3 is 2. The van der Waals surface area contributed by atoms with Gasteiger partial charge in [-0.2, -0.15) is 0 Å². The van der Waals surface area contributed by atoms with Gasteiger partial charge in [0.05, 0.1) is 14.2 Å². The fourth-order valence-electron chi connectivity index (χ4n) is 5.65. The van der Waals surface area contributed by atoms with Crippen LogP contribution in [0.5, 0.6) is 17.2 Å². The van der Waals surface area contributed by atoms with E-state index in [1.165, 1.54) is 80.3 Å². The summed E-state index contributed by atoms with van der Waals surface area (Å²) in [6, 6.07) is 21.0. The van der Waals surface area contributed by atoms with Gasteiger partial charge in [0.2, 0.25) is 0 Å². The average Bonchev–Trinajstić information content (AvgIpc) is 3.25. The third-order valence-electron chi connectivity index (χ3n) is 7.95. The molecule has 0 atom stereocenters. The minimum atomic E-state index is 0.408. The van der Waals surface area contributed by atoms with E-state index >= 15 is 0 Å². The Hall–Kier alpha value is -3.18. The van der Waals surface area contributed by atoms with E-state index in [1.807, 2.05) is 18.2 Å². The summed E-state index contributed by atoms with van der Waals surface area (Å²) in [5.41, 5.74) is 6.66. The van der Waals surface area contributed by atoms with Crippen LogP contribution in [0, 0.1) is 0 Å². The van der Waals surface area contributed by atoms with E-state index in [9.17, 15) is 5.11 Å². The van der Waals surface area contributed by atoms with E-state index in [0.717, 1.165) is 43.2 Å². The lowest BCUT2D eigenvalue weighted by Crippen LogP contribution is -2.24. The van der Waals surface area contributed by atoms with Crippen LogP contribution in [-0.4, -0.2) is 43.9 Å². The molecular formula is C34H46N2O3. The Morgan fingerprint density at radius 2 is 1.38 bits per heavy atom. The fourth-order valence-corrected chi connectivity index (χ4v) is 5.65. The molecule has 0 spiro atoms. The summed E-state index contributed by atoms with van der Waals surface area (Å²) >= 11 is 0. The van der Waals surface area contributed by atoms with Gasteiger partial charge in [0, 0.05) is 31.4 Å². The molecule has 0 unspecified atom stereocenters. The number of aromatic hydroxyl groups is 1. The second-order valence-electron chi connectivity index (χ2n) is 10.7. The van der Waals surface area contributed by atoms with Crippen LogP contribution in [-0.2, 0) is 25.9 Å². The third kappa shape index (κ3) is 8.40. The summed E-state index contributed by atoms with van der Waals surface area (Å²) in [5, 5.41) is 9.19. The van der Waals surface area contributed by atoms with Gasteiger partial charge in [-0.05, 0) is 105 Å². The van der Waals surface area contributed by atoms with Crippen molar-refractivity contribution in [3.8, 4) is 17.2 Å². The standard InChI is InChI=1S/C24H34N2O2.C10H12O/c1-4-26(22-13-14-23(27-2)24(17-22)28-3)19-21-11-9-20(10-12-21)18-25-15-7-5-6-8-16-25;11-10-6-5-8-3-1-2-4-9(8)7-10/h9-14,17H,4-8,15-16,18-19H2,1-3H3;5-7,11H,1-4H2. The Labute approximate surface area is 235 Å². The van der Waals surface area contributed by atoms with Crippen molar-refractivity contribution in [1.82, 2.24) is 4.90 Å². The average molecular weight is 531 g/mol. The predicted molar refractivity (Wildman–Crippen MR) is 161 cm³/mol. The first-order valence-corrected chi connectivity index (χ1v) is 14.7. The van der Waals surface area contributed by atoms with Crippen LogP contribution in [0.2, 0.25) is 0 Å². The molecule has 0 radical (unpaired) electrons. The summed E-state index contributed by atoms with van der Waals surface area (Å²) in [6.07, 6.45) is 10.4. The number of likely N-dealkylation sites (tertiary alicyclic amines) is 1.